The molecule has 1 aliphatic heterocycles. The molecule has 0 saturated carbocycles. The Morgan fingerprint density at radius 2 is 2.30 bits per heavy atom. The largest absolute Gasteiger partial charge is 0.387 e. The molecule has 1 unspecified atom stereocenters. The van der Waals surface area contributed by atoms with Crippen LogP contribution < -0.4 is 5.32 Å². The molecule has 6 nitrogen and oxygen atoms in total. The van der Waals surface area contributed by atoms with Crippen LogP contribution in [0.25, 0.3) is 0 Å². The van der Waals surface area contributed by atoms with Crippen LogP contribution in [-0.4, -0.2) is 60.0 Å². The summed E-state index contributed by atoms with van der Waals surface area (Å²) in [7, 11) is 0. The van der Waals surface area contributed by atoms with E-state index < -0.39 is 5.60 Å². The molecule has 1 fully saturated rings. The lowest BCUT2D eigenvalue weighted by atomic mass is 10.1. The highest BCUT2D eigenvalue weighted by Crippen LogP contribution is 2.13. The number of nitrogens with zero attached hydrogens (tertiary/aromatic N) is 3. The van der Waals surface area contributed by atoms with Crippen molar-refractivity contribution < 1.29 is 9.84 Å². The van der Waals surface area contributed by atoms with Gasteiger partial charge in [0.05, 0.1) is 24.4 Å². The number of aliphatic hydroxyl groups is 1. The minimum atomic E-state index is -0.887. The number of hydrogen-bond donors (Lipinski definition) is 2. The van der Waals surface area contributed by atoms with Crippen molar-refractivity contribution in [3.8, 4) is 6.07 Å². The van der Waals surface area contributed by atoms with Gasteiger partial charge in [0.15, 0.2) is 0 Å². The number of aromatic nitrogens is 1. The summed E-state index contributed by atoms with van der Waals surface area (Å²) in [5, 5.41) is 22.5. The summed E-state index contributed by atoms with van der Waals surface area (Å²) in [6.45, 7) is 5.79. The Morgan fingerprint density at radius 3 is 3.00 bits per heavy atom. The van der Waals surface area contributed by atoms with Gasteiger partial charge < -0.3 is 15.2 Å². The van der Waals surface area contributed by atoms with Crippen molar-refractivity contribution in [2.45, 2.75) is 12.5 Å². The number of morpholine rings is 1. The maximum absolute atomic E-state index is 10.4. The van der Waals surface area contributed by atoms with Crippen LogP contribution >= 0.6 is 0 Å². The fraction of sp³-hybridized carbons (Fsp3) is 0.571. The average molecular weight is 276 g/mol. The van der Waals surface area contributed by atoms with Crippen LogP contribution in [0.2, 0.25) is 0 Å². The lowest BCUT2D eigenvalue weighted by Gasteiger charge is -2.34. The molecule has 0 aromatic carbocycles. The average Bonchev–Trinajstić information content (AvgIpc) is 2.46. The van der Waals surface area contributed by atoms with E-state index in [2.05, 4.69) is 21.3 Å². The second-order valence-corrected chi connectivity index (χ2v) is 5.25. The predicted molar refractivity (Wildman–Crippen MR) is 75.3 cm³/mol. The number of anilines is 1. The Labute approximate surface area is 119 Å². The van der Waals surface area contributed by atoms with Crippen molar-refractivity contribution in [3.63, 3.8) is 0 Å². The highest BCUT2D eigenvalue weighted by Gasteiger charge is 2.25. The van der Waals surface area contributed by atoms with Gasteiger partial charge in [-0.05, 0) is 19.1 Å². The molecule has 1 aromatic rings. The Balaban J connectivity index is 1.89. The molecule has 0 spiro atoms. The number of ether oxygens (including phenoxy) is 1. The first kappa shape index (κ1) is 14.7. The topological polar surface area (TPSA) is 81.4 Å². The molecule has 2 heterocycles. The Hall–Kier alpha value is -1.68. The summed E-state index contributed by atoms with van der Waals surface area (Å²) in [5.41, 5.74) is -0.406. The zero-order chi connectivity index (χ0) is 14.4. The van der Waals surface area contributed by atoms with Crippen molar-refractivity contribution in [1.29, 1.82) is 5.26 Å². The highest BCUT2D eigenvalue weighted by atomic mass is 16.5. The van der Waals surface area contributed by atoms with Crippen molar-refractivity contribution in [3.05, 3.63) is 23.9 Å². The van der Waals surface area contributed by atoms with Crippen molar-refractivity contribution in [2.75, 3.05) is 44.7 Å². The predicted octanol–water partition coefficient (Wildman–Crippen LogP) is 0.448. The molecule has 1 saturated heterocycles. The summed E-state index contributed by atoms with van der Waals surface area (Å²) in [6.07, 6.45) is 1.62. The van der Waals surface area contributed by atoms with E-state index in [-0.39, 0.29) is 0 Å². The molecule has 1 aliphatic rings. The first-order valence-corrected chi connectivity index (χ1v) is 6.72. The van der Waals surface area contributed by atoms with Gasteiger partial charge in [0.25, 0.3) is 0 Å². The van der Waals surface area contributed by atoms with Gasteiger partial charge in [0.2, 0.25) is 0 Å². The number of hydrogen-bond acceptors (Lipinski definition) is 6. The van der Waals surface area contributed by atoms with E-state index in [4.69, 9.17) is 10.00 Å². The van der Waals surface area contributed by atoms with Crippen LogP contribution in [0, 0.1) is 11.3 Å². The van der Waals surface area contributed by atoms with Gasteiger partial charge in [-0.25, -0.2) is 4.98 Å². The van der Waals surface area contributed by atoms with Crippen LogP contribution in [-0.2, 0) is 4.74 Å². The monoisotopic (exact) mass is 276 g/mol. The summed E-state index contributed by atoms with van der Waals surface area (Å²) in [5.74, 6) is 0.511. The van der Waals surface area contributed by atoms with Crippen LogP contribution in [0.1, 0.15) is 12.5 Å². The molecular formula is C14H20N4O2. The Bertz CT molecular complexity index is 478. The van der Waals surface area contributed by atoms with Gasteiger partial charge in [0.1, 0.15) is 11.9 Å². The van der Waals surface area contributed by atoms with E-state index in [1.165, 1.54) is 0 Å². The SMILES string of the molecule is CC(O)(CNc1ncccc1C#N)CN1CCOCC1. The molecule has 6 heteroatoms. The van der Waals surface area contributed by atoms with Crippen LogP contribution in [0.3, 0.4) is 0 Å². The zero-order valence-corrected chi connectivity index (χ0v) is 11.7. The van der Waals surface area contributed by atoms with Crippen molar-refractivity contribution in [2.24, 2.45) is 0 Å². The van der Waals surface area contributed by atoms with E-state index in [0.717, 1.165) is 13.1 Å². The van der Waals surface area contributed by atoms with Gasteiger partial charge in [0, 0.05) is 32.4 Å². The van der Waals surface area contributed by atoms with Crippen molar-refractivity contribution >= 4 is 5.82 Å². The molecule has 1 atom stereocenters. The minimum Gasteiger partial charge on any atom is -0.387 e. The van der Waals surface area contributed by atoms with E-state index in [0.29, 0.717) is 37.7 Å². The fourth-order valence-electron chi connectivity index (χ4n) is 2.21. The number of nitriles is 1. The smallest absolute Gasteiger partial charge is 0.143 e. The fourth-order valence-corrected chi connectivity index (χ4v) is 2.21. The number of β-amino-alcohol motifs (C(OH)–C–C–N with tert-alkyl or cyclic N) is 1. The molecule has 1 aromatic heterocycles. The maximum Gasteiger partial charge on any atom is 0.143 e. The third kappa shape index (κ3) is 4.17. The lowest BCUT2D eigenvalue weighted by Crippen LogP contribution is -2.49. The molecule has 108 valence electrons. The molecule has 0 amide bonds. The summed E-state index contributed by atoms with van der Waals surface area (Å²) in [6, 6.07) is 5.50. The molecule has 2 rings (SSSR count). The van der Waals surface area contributed by atoms with Crippen molar-refractivity contribution in [1.82, 2.24) is 9.88 Å². The molecule has 0 bridgehead atoms. The molecule has 0 radical (unpaired) electrons. The second-order valence-electron chi connectivity index (χ2n) is 5.25. The molecule has 2 N–H and O–H groups in total. The summed E-state index contributed by atoms with van der Waals surface area (Å²) >= 11 is 0. The molecule has 20 heavy (non-hydrogen) atoms. The minimum absolute atomic E-state index is 0.343. The number of rotatable bonds is 5. The molecule has 0 aliphatic carbocycles. The Morgan fingerprint density at radius 1 is 1.55 bits per heavy atom. The van der Waals surface area contributed by atoms with Crippen LogP contribution in [0.4, 0.5) is 5.82 Å². The summed E-state index contributed by atoms with van der Waals surface area (Å²) in [4.78, 5) is 6.30. The maximum atomic E-state index is 10.4. The van der Waals surface area contributed by atoms with E-state index in [9.17, 15) is 5.11 Å². The Kier molecular flexibility index (Phi) is 4.90. The van der Waals surface area contributed by atoms with Gasteiger partial charge in [-0.1, -0.05) is 0 Å². The number of nitrogens with one attached hydrogen (secondary N) is 1. The third-order valence-electron chi connectivity index (χ3n) is 3.23. The van der Waals surface area contributed by atoms with Crippen LogP contribution in [0.15, 0.2) is 18.3 Å². The standard InChI is InChI=1S/C14H20N4O2/c1-14(19,11-18-5-7-20-8-6-18)10-17-13-12(9-15)3-2-4-16-13/h2-4,19H,5-8,10-11H2,1H3,(H,16,17). The van der Waals surface area contributed by atoms with Gasteiger partial charge >= 0.3 is 0 Å². The quantitative estimate of drug-likeness (QED) is 0.812. The lowest BCUT2D eigenvalue weighted by molar-refractivity contribution is -0.0164. The van der Waals surface area contributed by atoms with E-state index >= 15 is 0 Å². The van der Waals surface area contributed by atoms with E-state index in [1.807, 2.05) is 0 Å². The first-order valence-electron chi connectivity index (χ1n) is 6.72. The first-order chi connectivity index (χ1) is 9.61. The second kappa shape index (κ2) is 6.66. The highest BCUT2D eigenvalue weighted by molar-refractivity contribution is 5.51. The third-order valence-corrected chi connectivity index (χ3v) is 3.23. The zero-order valence-electron chi connectivity index (χ0n) is 11.7. The molecular weight excluding hydrogens is 256 g/mol. The van der Waals surface area contributed by atoms with Crippen LogP contribution in [0.5, 0.6) is 0 Å². The summed E-state index contributed by atoms with van der Waals surface area (Å²) < 4.78 is 5.29. The van der Waals surface area contributed by atoms with E-state index in [1.54, 1.807) is 25.3 Å². The van der Waals surface area contributed by atoms with Gasteiger partial charge in [-0.15, -0.1) is 0 Å². The normalized spacial score (nSPS) is 19.1. The van der Waals surface area contributed by atoms with Gasteiger partial charge in [-0.2, -0.15) is 5.26 Å². The number of pyridine rings is 1. The van der Waals surface area contributed by atoms with Gasteiger partial charge in [-0.3, -0.25) is 4.90 Å².